The van der Waals surface area contributed by atoms with Crippen LogP contribution in [-0.4, -0.2) is 40.1 Å². The lowest BCUT2D eigenvalue weighted by Gasteiger charge is -2.18. The summed E-state index contributed by atoms with van der Waals surface area (Å²) in [4.78, 5) is 10.9. The Balaban J connectivity index is 1.45. The van der Waals surface area contributed by atoms with Gasteiger partial charge in [-0.05, 0) is 43.7 Å². The predicted molar refractivity (Wildman–Crippen MR) is 81.7 cm³/mol. The Morgan fingerprint density at radius 3 is 2.76 bits per heavy atom. The smallest absolute Gasteiger partial charge is 0.215 e. The van der Waals surface area contributed by atoms with E-state index in [1.54, 1.807) is 0 Å². The Morgan fingerprint density at radius 2 is 1.95 bits per heavy atom. The highest BCUT2D eigenvalue weighted by atomic mass is 16.5. The van der Waals surface area contributed by atoms with E-state index in [0.29, 0.717) is 6.10 Å². The minimum absolute atomic E-state index is 0.412. The number of ether oxygens (including phenoxy) is 1. The van der Waals surface area contributed by atoms with Crippen molar-refractivity contribution < 1.29 is 4.74 Å². The van der Waals surface area contributed by atoms with Gasteiger partial charge < -0.3 is 9.72 Å². The van der Waals surface area contributed by atoms with E-state index >= 15 is 0 Å². The number of aromatic nitrogens is 2. The maximum Gasteiger partial charge on any atom is 0.215 e. The molecular formula is C17H21N3O. The molecule has 2 saturated carbocycles. The third-order valence-electron chi connectivity index (χ3n) is 5.00. The number of fused-ring (bicyclic) bond motifs is 3. The van der Waals surface area contributed by atoms with Crippen molar-refractivity contribution in [1.29, 1.82) is 0 Å². The molecule has 110 valence electrons. The molecule has 1 aliphatic heterocycles. The molecule has 0 spiro atoms. The number of nitrogens with one attached hydrogen (secondary N) is 1. The molecule has 0 saturated heterocycles. The van der Waals surface area contributed by atoms with Gasteiger partial charge in [0.1, 0.15) is 11.8 Å². The number of H-pyrrole nitrogens is 1. The standard InChI is InChI=1S/C17H21N3O/c1-2-11(1)20-9-7-13-14-5-6-16(21-12-3-4-12)19-17(14)18-15(13)8-10-20/h5-6,11-12H,1-4,7-10H2,(H,18,19). The van der Waals surface area contributed by atoms with Gasteiger partial charge in [-0.1, -0.05) is 0 Å². The first-order chi connectivity index (χ1) is 10.4. The summed E-state index contributed by atoms with van der Waals surface area (Å²) in [5.41, 5.74) is 3.89. The van der Waals surface area contributed by atoms with Crippen LogP contribution in [0.25, 0.3) is 11.0 Å². The van der Waals surface area contributed by atoms with Crippen LogP contribution in [0.1, 0.15) is 36.9 Å². The maximum absolute atomic E-state index is 5.81. The van der Waals surface area contributed by atoms with Crippen molar-refractivity contribution in [1.82, 2.24) is 14.9 Å². The lowest BCUT2D eigenvalue weighted by atomic mass is 10.1. The first-order valence-electron chi connectivity index (χ1n) is 8.28. The molecule has 0 amide bonds. The van der Waals surface area contributed by atoms with Crippen molar-refractivity contribution in [2.45, 2.75) is 50.7 Å². The summed E-state index contributed by atoms with van der Waals surface area (Å²) in [5, 5.41) is 1.30. The van der Waals surface area contributed by atoms with Crippen LogP contribution in [0.3, 0.4) is 0 Å². The SMILES string of the molecule is c1cc2c3c([nH]c2nc1OC1CC1)CCN(C1CC1)CC3. The molecule has 2 aliphatic carbocycles. The van der Waals surface area contributed by atoms with Crippen molar-refractivity contribution in [3.8, 4) is 5.88 Å². The molecule has 0 unspecified atom stereocenters. The molecule has 4 nitrogen and oxygen atoms in total. The van der Waals surface area contributed by atoms with Crippen LogP contribution in [0.2, 0.25) is 0 Å². The quantitative estimate of drug-likeness (QED) is 0.941. The normalized spacial score (nSPS) is 23.0. The van der Waals surface area contributed by atoms with Gasteiger partial charge in [0.05, 0.1) is 0 Å². The molecule has 5 rings (SSSR count). The largest absolute Gasteiger partial charge is 0.474 e. The van der Waals surface area contributed by atoms with Crippen LogP contribution in [0, 0.1) is 0 Å². The van der Waals surface area contributed by atoms with E-state index < -0.39 is 0 Å². The zero-order chi connectivity index (χ0) is 13.8. The fourth-order valence-electron chi connectivity index (χ4n) is 3.51. The van der Waals surface area contributed by atoms with Crippen LogP contribution in [0.5, 0.6) is 5.88 Å². The zero-order valence-corrected chi connectivity index (χ0v) is 12.3. The molecule has 1 N–H and O–H groups in total. The second kappa shape index (κ2) is 4.47. The summed E-state index contributed by atoms with van der Waals surface area (Å²) in [6, 6.07) is 5.11. The van der Waals surface area contributed by atoms with Crippen molar-refractivity contribution in [2.24, 2.45) is 0 Å². The van der Waals surface area contributed by atoms with Gasteiger partial charge in [-0.25, -0.2) is 0 Å². The Kier molecular flexibility index (Phi) is 2.56. The van der Waals surface area contributed by atoms with Gasteiger partial charge in [-0.2, -0.15) is 4.98 Å². The Labute approximate surface area is 124 Å². The van der Waals surface area contributed by atoms with E-state index in [4.69, 9.17) is 4.74 Å². The van der Waals surface area contributed by atoms with E-state index in [9.17, 15) is 0 Å². The second-order valence-corrected chi connectivity index (χ2v) is 6.71. The van der Waals surface area contributed by atoms with Gasteiger partial charge in [0, 0.05) is 42.7 Å². The Morgan fingerprint density at radius 1 is 1.10 bits per heavy atom. The summed E-state index contributed by atoms with van der Waals surface area (Å²) in [6.45, 7) is 2.39. The van der Waals surface area contributed by atoms with Crippen molar-refractivity contribution in [3.05, 3.63) is 23.4 Å². The summed E-state index contributed by atoms with van der Waals surface area (Å²) in [7, 11) is 0. The average Bonchev–Trinajstić information content (AvgIpc) is 3.34. The van der Waals surface area contributed by atoms with E-state index in [2.05, 4.69) is 20.9 Å². The van der Waals surface area contributed by atoms with Crippen LogP contribution in [0.4, 0.5) is 0 Å². The van der Waals surface area contributed by atoms with Gasteiger partial charge in [0.15, 0.2) is 0 Å². The van der Waals surface area contributed by atoms with Gasteiger partial charge >= 0.3 is 0 Å². The molecule has 3 heterocycles. The van der Waals surface area contributed by atoms with E-state index in [1.807, 2.05) is 6.07 Å². The third-order valence-corrected chi connectivity index (χ3v) is 5.00. The maximum atomic E-state index is 5.81. The predicted octanol–water partition coefficient (Wildman–Crippen LogP) is 2.67. The van der Waals surface area contributed by atoms with Gasteiger partial charge in [-0.3, -0.25) is 4.90 Å². The first kappa shape index (κ1) is 12.0. The third kappa shape index (κ3) is 2.22. The van der Waals surface area contributed by atoms with Gasteiger partial charge in [-0.15, -0.1) is 0 Å². The molecule has 0 atom stereocenters. The fraction of sp³-hybridized carbons (Fsp3) is 0.588. The summed E-state index contributed by atoms with van der Waals surface area (Å²) in [5.74, 6) is 0.779. The number of hydrogen-bond acceptors (Lipinski definition) is 3. The lowest BCUT2D eigenvalue weighted by molar-refractivity contribution is 0.277. The monoisotopic (exact) mass is 283 g/mol. The summed E-state index contributed by atoms with van der Waals surface area (Å²) in [6.07, 6.45) is 7.85. The molecule has 0 bridgehead atoms. The van der Waals surface area contributed by atoms with Crippen molar-refractivity contribution in [2.75, 3.05) is 13.1 Å². The lowest BCUT2D eigenvalue weighted by Crippen LogP contribution is -2.28. The highest BCUT2D eigenvalue weighted by Gasteiger charge is 2.30. The van der Waals surface area contributed by atoms with Crippen molar-refractivity contribution >= 4 is 11.0 Å². The fourth-order valence-corrected chi connectivity index (χ4v) is 3.51. The van der Waals surface area contributed by atoms with E-state index in [0.717, 1.165) is 30.4 Å². The number of rotatable bonds is 3. The molecular weight excluding hydrogens is 262 g/mol. The summed E-state index contributed by atoms with van der Waals surface area (Å²) >= 11 is 0. The second-order valence-electron chi connectivity index (χ2n) is 6.71. The molecule has 2 aromatic heterocycles. The molecule has 2 fully saturated rings. The highest BCUT2D eigenvalue weighted by molar-refractivity contribution is 5.82. The number of aromatic amines is 1. The minimum atomic E-state index is 0.412. The first-order valence-corrected chi connectivity index (χ1v) is 8.28. The molecule has 2 aromatic rings. The topological polar surface area (TPSA) is 41.1 Å². The Bertz CT molecular complexity index is 685. The van der Waals surface area contributed by atoms with Crippen LogP contribution in [-0.2, 0) is 12.8 Å². The van der Waals surface area contributed by atoms with Crippen LogP contribution in [0.15, 0.2) is 12.1 Å². The average molecular weight is 283 g/mol. The van der Waals surface area contributed by atoms with Gasteiger partial charge in [0.25, 0.3) is 0 Å². The van der Waals surface area contributed by atoms with Crippen LogP contribution >= 0.6 is 0 Å². The molecule has 3 aliphatic rings. The van der Waals surface area contributed by atoms with Crippen LogP contribution < -0.4 is 4.74 Å². The molecule has 0 radical (unpaired) electrons. The summed E-state index contributed by atoms with van der Waals surface area (Å²) < 4.78 is 5.81. The number of hydrogen-bond donors (Lipinski definition) is 1. The molecule has 0 aromatic carbocycles. The molecule has 21 heavy (non-hydrogen) atoms. The molecule has 4 heteroatoms. The number of nitrogens with zero attached hydrogens (tertiary/aromatic N) is 2. The highest BCUT2D eigenvalue weighted by Crippen LogP contribution is 2.32. The van der Waals surface area contributed by atoms with E-state index in [1.165, 1.54) is 55.4 Å². The van der Waals surface area contributed by atoms with Gasteiger partial charge in [0.2, 0.25) is 5.88 Å². The Hall–Kier alpha value is -1.55. The van der Waals surface area contributed by atoms with Crippen molar-refractivity contribution in [3.63, 3.8) is 0 Å². The zero-order valence-electron chi connectivity index (χ0n) is 12.3. The minimum Gasteiger partial charge on any atom is -0.474 e. The van der Waals surface area contributed by atoms with E-state index in [-0.39, 0.29) is 0 Å². The number of pyridine rings is 1.